The minimum atomic E-state index is -0.783. The van der Waals surface area contributed by atoms with Crippen LogP contribution in [0.4, 0.5) is 0 Å². The van der Waals surface area contributed by atoms with Gasteiger partial charge in [0.05, 0.1) is 0 Å². The number of unbranched alkanes of at least 4 members (excludes halogenated alkanes) is 29. The molecule has 59 heavy (non-hydrogen) atoms. The Balaban J connectivity index is 4.38. The Morgan fingerprint density at radius 2 is 0.576 bits per heavy atom. The number of esters is 3. The third-order valence-corrected chi connectivity index (χ3v) is 11.1. The molecule has 0 rings (SSSR count). The summed E-state index contributed by atoms with van der Waals surface area (Å²) in [5, 5.41) is 0. The third-order valence-electron chi connectivity index (χ3n) is 11.1. The smallest absolute Gasteiger partial charge is 0.306 e. The Labute approximate surface area is 365 Å². The van der Waals surface area contributed by atoms with Crippen LogP contribution in [0.15, 0.2) is 36.5 Å². The van der Waals surface area contributed by atoms with Crippen molar-refractivity contribution in [1.29, 1.82) is 0 Å². The highest BCUT2D eigenvalue weighted by molar-refractivity contribution is 5.71. The summed E-state index contributed by atoms with van der Waals surface area (Å²) in [4.78, 5) is 37.9. The van der Waals surface area contributed by atoms with Gasteiger partial charge in [0, 0.05) is 19.3 Å². The van der Waals surface area contributed by atoms with Gasteiger partial charge in [-0.15, -0.1) is 0 Å². The van der Waals surface area contributed by atoms with Crippen LogP contribution in [0.1, 0.15) is 265 Å². The average Bonchev–Trinajstić information content (AvgIpc) is 3.23. The average molecular weight is 829 g/mol. The number of rotatable bonds is 46. The Morgan fingerprint density at radius 1 is 0.322 bits per heavy atom. The van der Waals surface area contributed by atoms with E-state index in [9.17, 15) is 14.4 Å². The minimum Gasteiger partial charge on any atom is -0.462 e. The second-order valence-electron chi connectivity index (χ2n) is 17.1. The van der Waals surface area contributed by atoms with E-state index < -0.39 is 6.10 Å². The van der Waals surface area contributed by atoms with Gasteiger partial charge in [-0.1, -0.05) is 192 Å². The highest BCUT2D eigenvalue weighted by atomic mass is 16.6. The van der Waals surface area contributed by atoms with Crippen molar-refractivity contribution in [3.63, 3.8) is 0 Å². The van der Waals surface area contributed by atoms with E-state index in [1.54, 1.807) is 0 Å². The van der Waals surface area contributed by atoms with Gasteiger partial charge in [0.2, 0.25) is 0 Å². The topological polar surface area (TPSA) is 78.9 Å². The van der Waals surface area contributed by atoms with E-state index in [0.717, 1.165) is 83.5 Å². The van der Waals surface area contributed by atoms with Gasteiger partial charge in [0.1, 0.15) is 13.2 Å². The van der Waals surface area contributed by atoms with Crippen molar-refractivity contribution in [3.05, 3.63) is 36.5 Å². The predicted molar refractivity (Wildman–Crippen MR) is 252 cm³/mol. The minimum absolute atomic E-state index is 0.0839. The third kappa shape index (κ3) is 46.5. The number of carbonyl (C=O) groups excluding carboxylic acids is 3. The molecule has 0 aliphatic carbocycles. The maximum absolute atomic E-state index is 12.8. The fourth-order valence-corrected chi connectivity index (χ4v) is 7.18. The molecule has 344 valence electrons. The van der Waals surface area contributed by atoms with Gasteiger partial charge < -0.3 is 14.2 Å². The summed E-state index contributed by atoms with van der Waals surface area (Å²) in [5.41, 5.74) is 0. The molecular weight excluding hydrogens is 733 g/mol. The van der Waals surface area contributed by atoms with Crippen molar-refractivity contribution in [2.45, 2.75) is 271 Å². The van der Waals surface area contributed by atoms with Crippen LogP contribution in [0.25, 0.3) is 0 Å². The molecule has 0 bridgehead atoms. The van der Waals surface area contributed by atoms with Crippen molar-refractivity contribution in [1.82, 2.24) is 0 Å². The molecule has 0 radical (unpaired) electrons. The summed E-state index contributed by atoms with van der Waals surface area (Å²) in [6, 6.07) is 0. The fraction of sp³-hybridized carbons (Fsp3) is 0.830. The van der Waals surface area contributed by atoms with Gasteiger partial charge >= 0.3 is 17.9 Å². The predicted octanol–water partition coefficient (Wildman–Crippen LogP) is 16.5. The van der Waals surface area contributed by atoms with E-state index in [-0.39, 0.29) is 31.1 Å². The molecule has 6 nitrogen and oxygen atoms in total. The van der Waals surface area contributed by atoms with Crippen molar-refractivity contribution >= 4 is 17.9 Å². The molecule has 0 amide bonds. The normalized spacial score (nSPS) is 12.3. The molecule has 0 saturated carbocycles. The fourth-order valence-electron chi connectivity index (χ4n) is 7.18. The second-order valence-corrected chi connectivity index (χ2v) is 17.1. The van der Waals surface area contributed by atoms with Crippen LogP contribution in [0, 0.1) is 0 Å². The molecule has 0 saturated heterocycles. The number of hydrogen-bond acceptors (Lipinski definition) is 6. The SMILES string of the molecule is CCCC/C=C\CCCCCCCC(=O)OCC(COC(=O)CCCCCCC/C=C\CCCCCCCCC)OC(=O)CCCCC/C=C\CCCCCCCCC. The number of carbonyl (C=O) groups is 3. The van der Waals surface area contributed by atoms with Gasteiger partial charge in [-0.05, 0) is 89.9 Å². The number of allylic oxidation sites excluding steroid dienone is 6. The lowest BCUT2D eigenvalue weighted by Crippen LogP contribution is -2.30. The molecule has 0 aliphatic rings. The lowest BCUT2D eigenvalue weighted by molar-refractivity contribution is -0.167. The summed E-state index contributed by atoms with van der Waals surface area (Å²) in [5.74, 6) is -0.911. The first-order valence-corrected chi connectivity index (χ1v) is 25.5. The molecule has 0 aromatic carbocycles. The molecule has 6 heteroatoms. The zero-order valence-electron chi connectivity index (χ0n) is 39.3. The largest absolute Gasteiger partial charge is 0.462 e. The van der Waals surface area contributed by atoms with Crippen molar-refractivity contribution in [3.8, 4) is 0 Å². The molecule has 0 aliphatic heterocycles. The van der Waals surface area contributed by atoms with E-state index in [1.165, 1.54) is 141 Å². The maximum atomic E-state index is 12.8. The molecular formula is C53H96O6. The molecule has 0 spiro atoms. The molecule has 0 aromatic rings. The summed E-state index contributed by atoms with van der Waals surface area (Å²) in [7, 11) is 0. The van der Waals surface area contributed by atoms with Crippen molar-refractivity contribution < 1.29 is 28.6 Å². The molecule has 0 fully saturated rings. The van der Waals surface area contributed by atoms with Crippen LogP contribution in [0.5, 0.6) is 0 Å². The molecule has 0 N–H and O–H groups in total. The van der Waals surface area contributed by atoms with Crippen LogP contribution in [0.3, 0.4) is 0 Å². The van der Waals surface area contributed by atoms with E-state index >= 15 is 0 Å². The summed E-state index contributed by atoms with van der Waals surface area (Å²) in [6.45, 7) is 6.58. The maximum Gasteiger partial charge on any atom is 0.306 e. The Hall–Kier alpha value is -2.37. The van der Waals surface area contributed by atoms with Crippen LogP contribution in [-0.4, -0.2) is 37.2 Å². The number of hydrogen-bond donors (Lipinski definition) is 0. The van der Waals surface area contributed by atoms with Crippen LogP contribution >= 0.6 is 0 Å². The zero-order chi connectivity index (χ0) is 43.0. The first-order chi connectivity index (χ1) is 29.0. The first kappa shape index (κ1) is 56.6. The lowest BCUT2D eigenvalue weighted by Gasteiger charge is -2.18. The quantitative estimate of drug-likeness (QED) is 0.0263. The zero-order valence-corrected chi connectivity index (χ0v) is 39.3. The van der Waals surface area contributed by atoms with E-state index in [4.69, 9.17) is 14.2 Å². The summed E-state index contributed by atoms with van der Waals surface area (Å²) < 4.78 is 16.7. The standard InChI is InChI=1S/C53H96O6/c1-4-7-10-13-16-19-22-24-26-27-29-31-34-37-40-43-46-52(55)58-49-50(48-57-51(54)45-42-39-36-33-30-21-18-15-12-9-6-3)59-53(56)47-44-41-38-35-32-28-25-23-20-17-14-11-8-5-2/h15,18,26-28,32,50H,4-14,16-17,19-25,29-31,33-49H2,1-3H3/b18-15-,27-26-,32-28-. The Morgan fingerprint density at radius 3 is 0.915 bits per heavy atom. The molecule has 0 heterocycles. The van der Waals surface area contributed by atoms with Crippen molar-refractivity contribution in [2.75, 3.05) is 13.2 Å². The highest BCUT2D eigenvalue weighted by Crippen LogP contribution is 2.14. The summed E-state index contributed by atoms with van der Waals surface area (Å²) in [6.07, 6.45) is 55.5. The van der Waals surface area contributed by atoms with Crippen molar-refractivity contribution in [2.24, 2.45) is 0 Å². The van der Waals surface area contributed by atoms with Gasteiger partial charge in [-0.25, -0.2) is 0 Å². The highest BCUT2D eigenvalue weighted by Gasteiger charge is 2.19. The summed E-state index contributed by atoms with van der Waals surface area (Å²) >= 11 is 0. The van der Waals surface area contributed by atoms with E-state index in [1.807, 2.05) is 0 Å². The van der Waals surface area contributed by atoms with Gasteiger partial charge in [-0.2, -0.15) is 0 Å². The van der Waals surface area contributed by atoms with E-state index in [0.29, 0.717) is 19.3 Å². The Bertz CT molecular complexity index is 1000. The lowest BCUT2D eigenvalue weighted by atomic mass is 10.1. The van der Waals surface area contributed by atoms with Crippen LogP contribution in [-0.2, 0) is 28.6 Å². The molecule has 1 atom stereocenters. The monoisotopic (exact) mass is 829 g/mol. The van der Waals surface area contributed by atoms with Crippen LogP contribution in [0.2, 0.25) is 0 Å². The van der Waals surface area contributed by atoms with E-state index in [2.05, 4.69) is 57.2 Å². The molecule has 0 aromatic heterocycles. The van der Waals surface area contributed by atoms with Gasteiger partial charge in [0.25, 0.3) is 0 Å². The number of ether oxygens (including phenoxy) is 3. The Kier molecular flexibility index (Phi) is 46.4. The molecule has 1 unspecified atom stereocenters. The first-order valence-electron chi connectivity index (χ1n) is 25.5. The van der Waals surface area contributed by atoms with Crippen LogP contribution < -0.4 is 0 Å². The second kappa shape index (κ2) is 48.3. The van der Waals surface area contributed by atoms with Gasteiger partial charge in [-0.3, -0.25) is 14.4 Å². The van der Waals surface area contributed by atoms with Gasteiger partial charge in [0.15, 0.2) is 6.10 Å².